The molecule has 4 nitrogen and oxygen atoms in total. The van der Waals surface area contributed by atoms with Crippen LogP contribution in [0.3, 0.4) is 0 Å². The van der Waals surface area contributed by atoms with E-state index in [1.54, 1.807) is 0 Å². The fourth-order valence-electron chi connectivity index (χ4n) is 2.82. The lowest BCUT2D eigenvalue weighted by Crippen LogP contribution is -2.90. The van der Waals surface area contributed by atoms with E-state index in [0.29, 0.717) is 6.61 Å². The second kappa shape index (κ2) is 7.99. The monoisotopic (exact) mass is 314 g/mol. The highest BCUT2D eigenvalue weighted by atomic mass is 16.6. The van der Waals surface area contributed by atoms with E-state index in [4.69, 9.17) is 14.2 Å². The molecule has 0 bridgehead atoms. The fourth-order valence-corrected chi connectivity index (χ4v) is 2.82. The standard InChI is InChI=1S/C19H23NO3/c1-2-21-16-10-6-7-11-17(16)23-19(15-8-4-3-5-9-15)18-14-20-12-13-22-18/h3-11,18-20H,2,12-14H2,1H3/p+1/t18-,19-/m1/s1. The third kappa shape index (κ3) is 4.03. The Balaban J connectivity index is 1.86. The van der Waals surface area contributed by atoms with Gasteiger partial charge in [0.25, 0.3) is 0 Å². The molecule has 0 aromatic heterocycles. The predicted octanol–water partition coefficient (Wildman–Crippen LogP) is 2.17. The molecule has 2 aromatic carbocycles. The number of hydrogen-bond acceptors (Lipinski definition) is 3. The summed E-state index contributed by atoms with van der Waals surface area (Å²) in [7, 11) is 0. The molecule has 4 heteroatoms. The van der Waals surface area contributed by atoms with Crippen molar-refractivity contribution in [2.24, 2.45) is 0 Å². The summed E-state index contributed by atoms with van der Waals surface area (Å²) in [6.45, 7) is 5.25. The molecule has 1 saturated heterocycles. The van der Waals surface area contributed by atoms with E-state index < -0.39 is 0 Å². The van der Waals surface area contributed by atoms with Crippen LogP contribution in [0, 0.1) is 0 Å². The highest BCUT2D eigenvalue weighted by molar-refractivity contribution is 5.40. The second-order valence-electron chi connectivity index (χ2n) is 5.55. The molecule has 0 spiro atoms. The van der Waals surface area contributed by atoms with E-state index >= 15 is 0 Å². The molecule has 1 heterocycles. The maximum Gasteiger partial charge on any atom is 0.162 e. The molecule has 23 heavy (non-hydrogen) atoms. The Kier molecular flexibility index (Phi) is 5.51. The van der Waals surface area contributed by atoms with Crippen LogP contribution in [0.15, 0.2) is 54.6 Å². The zero-order chi connectivity index (χ0) is 15.9. The molecule has 0 unspecified atom stereocenters. The van der Waals surface area contributed by atoms with Crippen molar-refractivity contribution in [3.63, 3.8) is 0 Å². The molecule has 0 saturated carbocycles. The summed E-state index contributed by atoms with van der Waals surface area (Å²) in [5.41, 5.74) is 1.12. The Morgan fingerprint density at radius 2 is 1.83 bits per heavy atom. The van der Waals surface area contributed by atoms with Gasteiger partial charge in [0, 0.05) is 0 Å². The Labute approximate surface area is 137 Å². The SMILES string of the molecule is CCOc1ccccc1O[C@H](c1ccccc1)[C@H]1C[NH2+]CCO1. The van der Waals surface area contributed by atoms with Gasteiger partial charge in [-0.25, -0.2) is 0 Å². The summed E-state index contributed by atoms with van der Waals surface area (Å²) in [5, 5.41) is 2.28. The minimum Gasteiger partial charge on any atom is -0.490 e. The normalized spacial score (nSPS) is 19.1. The zero-order valence-corrected chi connectivity index (χ0v) is 13.5. The van der Waals surface area contributed by atoms with E-state index in [1.807, 2.05) is 49.4 Å². The molecule has 2 aromatic rings. The first-order chi connectivity index (χ1) is 11.4. The van der Waals surface area contributed by atoms with Crippen molar-refractivity contribution in [3.8, 4) is 11.5 Å². The number of rotatable bonds is 6. The lowest BCUT2D eigenvalue weighted by Gasteiger charge is -2.30. The molecule has 122 valence electrons. The van der Waals surface area contributed by atoms with Crippen LogP contribution in [0.5, 0.6) is 11.5 Å². The first-order valence-electron chi connectivity index (χ1n) is 8.25. The van der Waals surface area contributed by atoms with Crippen LogP contribution >= 0.6 is 0 Å². The zero-order valence-electron chi connectivity index (χ0n) is 13.5. The maximum absolute atomic E-state index is 6.35. The summed E-state index contributed by atoms with van der Waals surface area (Å²) in [6.07, 6.45) is -0.116. The van der Waals surface area contributed by atoms with Crippen LogP contribution in [0.4, 0.5) is 0 Å². The van der Waals surface area contributed by atoms with Gasteiger partial charge in [-0.2, -0.15) is 0 Å². The van der Waals surface area contributed by atoms with Gasteiger partial charge in [-0.1, -0.05) is 42.5 Å². The maximum atomic E-state index is 6.35. The third-order valence-electron chi connectivity index (χ3n) is 3.92. The Bertz CT molecular complexity index is 597. The van der Waals surface area contributed by atoms with Gasteiger partial charge in [0.15, 0.2) is 17.6 Å². The number of benzene rings is 2. The summed E-state index contributed by atoms with van der Waals surface area (Å²) < 4.78 is 18.0. The summed E-state index contributed by atoms with van der Waals surface area (Å²) >= 11 is 0. The van der Waals surface area contributed by atoms with Crippen LogP contribution in [0.25, 0.3) is 0 Å². The lowest BCUT2D eigenvalue weighted by molar-refractivity contribution is -0.678. The molecule has 0 radical (unpaired) electrons. The van der Waals surface area contributed by atoms with Gasteiger partial charge < -0.3 is 19.5 Å². The molecular formula is C19H24NO3+. The molecule has 0 amide bonds. The van der Waals surface area contributed by atoms with Crippen molar-refractivity contribution in [2.45, 2.75) is 19.1 Å². The highest BCUT2D eigenvalue weighted by Crippen LogP contribution is 2.33. The van der Waals surface area contributed by atoms with Gasteiger partial charge in [-0.15, -0.1) is 0 Å². The second-order valence-corrected chi connectivity index (χ2v) is 5.55. The van der Waals surface area contributed by atoms with Gasteiger partial charge in [-0.3, -0.25) is 0 Å². The quantitative estimate of drug-likeness (QED) is 0.889. The summed E-state index contributed by atoms with van der Waals surface area (Å²) in [6, 6.07) is 18.1. The van der Waals surface area contributed by atoms with Gasteiger partial charge in [0.2, 0.25) is 0 Å². The van der Waals surface area contributed by atoms with Crippen molar-refractivity contribution >= 4 is 0 Å². The van der Waals surface area contributed by atoms with Crippen molar-refractivity contribution in [3.05, 3.63) is 60.2 Å². The first-order valence-corrected chi connectivity index (χ1v) is 8.25. The van der Waals surface area contributed by atoms with Gasteiger partial charge in [0.1, 0.15) is 12.6 Å². The van der Waals surface area contributed by atoms with E-state index in [0.717, 1.165) is 36.8 Å². The van der Waals surface area contributed by atoms with Gasteiger partial charge >= 0.3 is 0 Å². The van der Waals surface area contributed by atoms with E-state index in [1.165, 1.54) is 0 Å². The van der Waals surface area contributed by atoms with Gasteiger partial charge in [-0.05, 0) is 24.6 Å². The van der Waals surface area contributed by atoms with Crippen molar-refractivity contribution in [2.75, 3.05) is 26.3 Å². The third-order valence-corrected chi connectivity index (χ3v) is 3.92. The van der Waals surface area contributed by atoms with Crippen LogP contribution < -0.4 is 14.8 Å². The molecule has 1 fully saturated rings. The summed E-state index contributed by atoms with van der Waals surface area (Å²) in [4.78, 5) is 0. The topological polar surface area (TPSA) is 44.3 Å². The molecular weight excluding hydrogens is 290 g/mol. The van der Waals surface area contributed by atoms with Crippen LogP contribution in [0.2, 0.25) is 0 Å². The molecule has 2 N–H and O–H groups in total. The largest absolute Gasteiger partial charge is 0.490 e. The number of para-hydroxylation sites is 2. The average molecular weight is 314 g/mol. The van der Waals surface area contributed by atoms with Gasteiger partial charge in [0.05, 0.1) is 19.8 Å². The number of quaternary nitrogens is 1. The Morgan fingerprint density at radius 1 is 1.09 bits per heavy atom. The number of hydrogen-bond donors (Lipinski definition) is 1. The minimum atomic E-state index is -0.144. The highest BCUT2D eigenvalue weighted by Gasteiger charge is 2.30. The van der Waals surface area contributed by atoms with E-state index in [-0.39, 0.29) is 12.2 Å². The lowest BCUT2D eigenvalue weighted by atomic mass is 10.0. The van der Waals surface area contributed by atoms with Crippen molar-refractivity contribution in [1.29, 1.82) is 0 Å². The van der Waals surface area contributed by atoms with Crippen LogP contribution in [-0.4, -0.2) is 32.4 Å². The average Bonchev–Trinajstić information content (AvgIpc) is 2.63. The summed E-state index contributed by atoms with van der Waals surface area (Å²) in [5.74, 6) is 1.54. The predicted molar refractivity (Wildman–Crippen MR) is 88.8 cm³/mol. The smallest absolute Gasteiger partial charge is 0.162 e. The van der Waals surface area contributed by atoms with E-state index in [9.17, 15) is 0 Å². The number of morpholine rings is 1. The van der Waals surface area contributed by atoms with E-state index in [2.05, 4.69) is 17.4 Å². The number of ether oxygens (including phenoxy) is 3. The molecule has 1 aliphatic rings. The van der Waals surface area contributed by atoms with Crippen LogP contribution in [-0.2, 0) is 4.74 Å². The van der Waals surface area contributed by atoms with Crippen molar-refractivity contribution < 1.29 is 19.5 Å². The fraction of sp³-hybridized carbons (Fsp3) is 0.368. The minimum absolute atomic E-state index is 0.0285. The molecule has 3 rings (SSSR count). The molecule has 0 aliphatic carbocycles. The Hall–Kier alpha value is -2.04. The molecule has 2 atom stereocenters. The molecule has 1 aliphatic heterocycles. The van der Waals surface area contributed by atoms with Crippen LogP contribution in [0.1, 0.15) is 18.6 Å². The number of nitrogens with two attached hydrogens (primary N) is 1. The first kappa shape index (κ1) is 15.8. The Morgan fingerprint density at radius 3 is 2.52 bits per heavy atom. The van der Waals surface area contributed by atoms with Crippen molar-refractivity contribution in [1.82, 2.24) is 0 Å².